The topological polar surface area (TPSA) is 66.5 Å². The lowest BCUT2D eigenvalue weighted by Crippen LogP contribution is -2.68. The highest BCUT2D eigenvalue weighted by atomic mass is 16.5. The third-order valence-electron chi connectivity index (χ3n) is 5.46. The van der Waals surface area contributed by atoms with Gasteiger partial charge in [0.25, 0.3) is 0 Å². The molecule has 1 spiro atoms. The van der Waals surface area contributed by atoms with Gasteiger partial charge in [0, 0.05) is 44.9 Å². The van der Waals surface area contributed by atoms with Gasteiger partial charge in [0.15, 0.2) is 0 Å². The normalized spacial score (nSPS) is 24.0. The first-order valence-electron chi connectivity index (χ1n) is 8.83. The van der Waals surface area contributed by atoms with Crippen molar-refractivity contribution in [3.8, 4) is 0 Å². The number of anilines is 1. The summed E-state index contributed by atoms with van der Waals surface area (Å²) in [5.74, 6) is 0.890. The van der Waals surface area contributed by atoms with Crippen LogP contribution < -0.4 is 15.5 Å². The standard InChI is InChI=1S/C18H28N4O2/c1-4-24-15-11-14(18(15)7-5-8-18)21-17(23)20-12-13-6-9-19-16(10-13)22(2)3/h6,9-10,14-15H,4-5,7-8,11-12H2,1-3H3,(H2,20,21,23)/t14-,15+/m0/s1. The number of nitrogens with one attached hydrogen (secondary N) is 2. The number of carbonyl (C=O) groups is 1. The van der Waals surface area contributed by atoms with Crippen LogP contribution in [0.4, 0.5) is 10.6 Å². The maximum Gasteiger partial charge on any atom is 0.315 e. The second-order valence-electron chi connectivity index (χ2n) is 7.06. The van der Waals surface area contributed by atoms with Gasteiger partial charge < -0.3 is 20.3 Å². The van der Waals surface area contributed by atoms with Crippen molar-refractivity contribution in [2.45, 2.75) is 51.3 Å². The number of hydrogen-bond acceptors (Lipinski definition) is 4. The van der Waals surface area contributed by atoms with Crippen molar-refractivity contribution in [1.29, 1.82) is 0 Å². The quantitative estimate of drug-likeness (QED) is 0.839. The zero-order valence-corrected chi connectivity index (χ0v) is 14.8. The van der Waals surface area contributed by atoms with Crippen molar-refractivity contribution in [1.82, 2.24) is 15.6 Å². The third-order valence-corrected chi connectivity index (χ3v) is 5.46. The van der Waals surface area contributed by atoms with E-state index >= 15 is 0 Å². The van der Waals surface area contributed by atoms with Crippen molar-refractivity contribution in [2.75, 3.05) is 25.6 Å². The Hall–Kier alpha value is -1.82. The van der Waals surface area contributed by atoms with Gasteiger partial charge in [-0.15, -0.1) is 0 Å². The molecule has 132 valence electrons. The van der Waals surface area contributed by atoms with Gasteiger partial charge in [-0.1, -0.05) is 6.42 Å². The second kappa shape index (κ2) is 6.97. The highest BCUT2D eigenvalue weighted by Crippen LogP contribution is 2.57. The molecular weight excluding hydrogens is 304 g/mol. The van der Waals surface area contributed by atoms with Gasteiger partial charge in [-0.05, 0) is 43.9 Å². The van der Waals surface area contributed by atoms with Crippen molar-refractivity contribution in [3.63, 3.8) is 0 Å². The molecule has 3 rings (SSSR count). The van der Waals surface area contributed by atoms with Crippen LogP contribution in [0, 0.1) is 5.41 Å². The summed E-state index contributed by atoms with van der Waals surface area (Å²) < 4.78 is 5.83. The van der Waals surface area contributed by atoms with Crippen LogP contribution in [-0.4, -0.2) is 43.9 Å². The van der Waals surface area contributed by atoms with Crippen LogP contribution >= 0.6 is 0 Å². The van der Waals surface area contributed by atoms with Gasteiger partial charge in [0.1, 0.15) is 5.82 Å². The summed E-state index contributed by atoms with van der Waals surface area (Å²) in [7, 11) is 3.91. The number of ether oxygens (including phenoxy) is 1. The van der Waals surface area contributed by atoms with E-state index in [1.807, 2.05) is 38.1 Å². The Morgan fingerprint density at radius 1 is 1.46 bits per heavy atom. The summed E-state index contributed by atoms with van der Waals surface area (Å²) in [6.07, 6.45) is 6.60. The third kappa shape index (κ3) is 3.20. The molecule has 0 saturated heterocycles. The number of hydrogen-bond donors (Lipinski definition) is 2. The Kier molecular flexibility index (Phi) is 4.94. The van der Waals surface area contributed by atoms with E-state index in [2.05, 4.69) is 15.6 Å². The minimum absolute atomic E-state index is 0.0931. The number of pyridine rings is 1. The van der Waals surface area contributed by atoms with Crippen LogP contribution in [0.3, 0.4) is 0 Å². The predicted octanol–water partition coefficient (Wildman–Crippen LogP) is 2.29. The SMILES string of the molecule is CCO[C@@H]1C[C@H](NC(=O)NCc2ccnc(N(C)C)c2)C12CCC2. The molecule has 1 aromatic heterocycles. The van der Waals surface area contributed by atoms with E-state index in [1.165, 1.54) is 19.3 Å². The van der Waals surface area contributed by atoms with Gasteiger partial charge in [0.05, 0.1) is 6.10 Å². The number of amides is 2. The highest BCUT2D eigenvalue weighted by molar-refractivity contribution is 5.74. The Morgan fingerprint density at radius 3 is 2.88 bits per heavy atom. The first-order chi connectivity index (χ1) is 11.5. The maximum absolute atomic E-state index is 12.2. The molecule has 2 saturated carbocycles. The number of rotatable bonds is 6. The number of carbonyl (C=O) groups excluding carboxylic acids is 1. The van der Waals surface area contributed by atoms with Crippen molar-refractivity contribution >= 4 is 11.8 Å². The lowest BCUT2D eigenvalue weighted by molar-refractivity contribution is -0.169. The number of nitrogens with zero attached hydrogens (tertiary/aromatic N) is 2. The fourth-order valence-corrected chi connectivity index (χ4v) is 3.85. The van der Waals surface area contributed by atoms with Gasteiger partial charge in [-0.3, -0.25) is 0 Å². The van der Waals surface area contributed by atoms with E-state index in [-0.39, 0.29) is 17.5 Å². The largest absolute Gasteiger partial charge is 0.378 e. The van der Waals surface area contributed by atoms with Crippen LogP contribution in [0.1, 0.15) is 38.2 Å². The van der Waals surface area contributed by atoms with Gasteiger partial charge in [-0.2, -0.15) is 0 Å². The molecule has 2 amide bonds. The zero-order chi connectivity index (χ0) is 17.2. The van der Waals surface area contributed by atoms with Crippen molar-refractivity contribution < 1.29 is 9.53 Å². The summed E-state index contributed by atoms with van der Waals surface area (Å²) in [6.45, 7) is 3.29. The minimum Gasteiger partial charge on any atom is -0.378 e. The lowest BCUT2D eigenvalue weighted by Gasteiger charge is -2.60. The van der Waals surface area contributed by atoms with E-state index in [0.717, 1.165) is 24.4 Å². The van der Waals surface area contributed by atoms with E-state index in [4.69, 9.17) is 4.74 Å². The fourth-order valence-electron chi connectivity index (χ4n) is 3.85. The number of aromatic nitrogens is 1. The minimum atomic E-state index is -0.0931. The van der Waals surface area contributed by atoms with Crippen LogP contribution in [0.15, 0.2) is 18.3 Å². The molecule has 2 atom stereocenters. The van der Waals surface area contributed by atoms with E-state index in [1.54, 1.807) is 6.20 Å². The molecule has 0 unspecified atom stereocenters. The first kappa shape index (κ1) is 17.0. The molecule has 1 aromatic rings. The average Bonchev–Trinajstić information content (AvgIpc) is 2.50. The molecule has 2 fully saturated rings. The summed E-state index contributed by atoms with van der Waals surface area (Å²) in [6, 6.07) is 4.07. The zero-order valence-electron chi connectivity index (χ0n) is 14.8. The lowest BCUT2D eigenvalue weighted by atomic mass is 9.51. The van der Waals surface area contributed by atoms with Crippen LogP contribution in [0.5, 0.6) is 0 Å². The van der Waals surface area contributed by atoms with Gasteiger partial charge >= 0.3 is 6.03 Å². The molecular formula is C18H28N4O2. The fraction of sp³-hybridized carbons (Fsp3) is 0.667. The molecule has 24 heavy (non-hydrogen) atoms. The number of urea groups is 1. The summed E-state index contributed by atoms with van der Waals surface area (Å²) in [5, 5.41) is 6.11. The van der Waals surface area contributed by atoms with E-state index in [9.17, 15) is 4.79 Å². The van der Waals surface area contributed by atoms with Crippen LogP contribution in [-0.2, 0) is 11.3 Å². The second-order valence-corrected chi connectivity index (χ2v) is 7.06. The monoisotopic (exact) mass is 332 g/mol. The first-order valence-corrected chi connectivity index (χ1v) is 8.83. The van der Waals surface area contributed by atoms with Crippen LogP contribution in [0.2, 0.25) is 0 Å². The molecule has 2 aliphatic rings. The Balaban J connectivity index is 1.49. The Labute approximate surface area is 144 Å². The summed E-state index contributed by atoms with van der Waals surface area (Å²) in [5.41, 5.74) is 1.24. The molecule has 0 radical (unpaired) electrons. The molecule has 6 heteroatoms. The van der Waals surface area contributed by atoms with Crippen molar-refractivity contribution in [3.05, 3.63) is 23.9 Å². The van der Waals surface area contributed by atoms with E-state index < -0.39 is 0 Å². The molecule has 6 nitrogen and oxygen atoms in total. The van der Waals surface area contributed by atoms with Crippen LogP contribution in [0.25, 0.3) is 0 Å². The molecule has 2 aliphatic carbocycles. The predicted molar refractivity (Wildman–Crippen MR) is 94.0 cm³/mol. The average molecular weight is 332 g/mol. The van der Waals surface area contributed by atoms with Gasteiger partial charge in [0.2, 0.25) is 0 Å². The van der Waals surface area contributed by atoms with Crippen molar-refractivity contribution in [2.24, 2.45) is 5.41 Å². The Morgan fingerprint density at radius 2 is 2.25 bits per heavy atom. The molecule has 0 bridgehead atoms. The Bertz CT molecular complexity index is 586. The van der Waals surface area contributed by atoms with Gasteiger partial charge in [-0.25, -0.2) is 9.78 Å². The highest BCUT2D eigenvalue weighted by Gasteiger charge is 2.59. The molecule has 2 N–H and O–H groups in total. The smallest absolute Gasteiger partial charge is 0.315 e. The molecule has 0 aromatic carbocycles. The summed E-state index contributed by atoms with van der Waals surface area (Å²) in [4.78, 5) is 18.5. The summed E-state index contributed by atoms with van der Waals surface area (Å²) >= 11 is 0. The molecule has 1 heterocycles. The molecule has 0 aliphatic heterocycles. The maximum atomic E-state index is 12.2. The van der Waals surface area contributed by atoms with E-state index in [0.29, 0.717) is 12.6 Å².